The second-order valence-electron chi connectivity index (χ2n) is 7.25. The molecule has 1 N–H and O–H groups in total. The van der Waals surface area contributed by atoms with Crippen molar-refractivity contribution in [3.63, 3.8) is 0 Å². The number of carbonyl (C=O) groups is 1. The molecular weight excluding hydrogens is 252 g/mol. The predicted molar refractivity (Wildman–Crippen MR) is 76.5 cm³/mol. The van der Waals surface area contributed by atoms with Crippen LogP contribution in [-0.4, -0.2) is 17.2 Å². The number of esters is 1. The lowest BCUT2D eigenvalue weighted by atomic mass is 9.70. The van der Waals surface area contributed by atoms with Gasteiger partial charge in [0.25, 0.3) is 0 Å². The average Bonchev–Trinajstić information content (AvgIpc) is 2.86. The lowest BCUT2D eigenvalue weighted by Crippen LogP contribution is -2.43. The van der Waals surface area contributed by atoms with Crippen molar-refractivity contribution in [2.75, 3.05) is 0 Å². The highest BCUT2D eigenvalue weighted by Crippen LogP contribution is 2.63. The summed E-state index contributed by atoms with van der Waals surface area (Å²) in [6.07, 6.45) is 3.54. The minimum absolute atomic E-state index is 0.0185. The minimum atomic E-state index is -0.281. The molecule has 2 aliphatic carbocycles. The van der Waals surface area contributed by atoms with E-state index in [1.165, 1.54) is 18.6 Å². The van der Waals surface area contributed by atoms with Crippen LogP contribution in [0.15, 0.2) is 24.3 Å². The summed E-state index contributed by atoms with van der Waals surface area (Å²) < 4.78 is 5.87. The van der Waals surface area contributed by atoms with Gasteiger partial charge in [0.2, 0.25) is 0 Å². The Morgan fingerprint density at radius 3 is 2.45 bits per heavy atom. The number of rotatable bonds is 2. The Kier molecular flexibility index (Phi) is 2.86. The fraction of sp³-hybridized carbons (Fsp3) is 0.588. The smallest absolute Gasteiger partial charge is 0.338 e. The van der Waals surface area contributed by atoms with Gasteiger partial charge in [-0.25, -0.2) is 4.79 Å². The highest BCUT2D eigenvalue weighted by atomic mass is 16.5. The van der Waals surface area contributed by atoms with Gasteiger partial charge >= 0.3 is 5.97 Å². The van der Waals surface area contributed by atoms with Gasteiger partial charge in [-0.15, -0.1) is 0 Å². The van der Waals surface area contributed by atoms with Gasteiger partial charge in [0.1, 0.15) is 11.9 Å². The molecule has 0 amide bonds. The van der Waals surface area contributed by atoms with E-state index in [1.807, 2.05) is 0 Å². The molecule has 108 valence electrons. The normalized spacial score (nSPS) is 34.1. The zero-order valence-corrected chi connectivity index (χ0v) is 12.3. The maximum absolute atomic E-state index is 12.3. The fourth-order valence-electron chi connectivity index (χ4n) is 4.32. The number of ether oxygens (including phenoxy) is 1. The number of phenolic OH excluding ortho intramolecular Hbond substituents is 1. The van der Waals surface area contributed by atoms with E-state index < -0.39 is 0 Å². The van der Waals surface area contributed by atoms with Crippen molar-refractivity contribution < 1.29 is 14.6 Å². The molecule has 0 aliphatic heterocycles. The second kappa shape index (κ2) is 4.24. The Balaban J connectivity index is 1.80. The molecule has 3 unspecified atom stereocenters. The van der Waals surface area contributed by atoms with Gasteiger partial charge in [-0.3, -0.25) is 0 Å². The zero-order valence-electron chi connectivity index (χ0n) is 12.3. The zero-order chi connectivity index (χ0) is 14.5. The number of aromatic hydroxyl groups is 1. The Labute approximate surface area is 120 Å². The van der Waals surface area contributed by atoms with Crippen molar-refractivity contribution >= 4 is 5.97 Å². The third-order valence-corrected chi connectivity index (χ3v) is 5.47. The van der Waals surface area contributed by atoms with Gasteiger partial charge in [0, 0.05) is 10.8 Å². The van der Waals surface area contributed by atoms with Crippen LogP contribution < -0.4 is 0 Å². The van der Waals surface area contributed by atoms with Gasteiger partial charge in [-0.05, 0) is 49.4 Å². The van der Waals surface area contributed by atoms with Crippen molar-refractivity contribution in [3.05, 3.63) is 29.8 Å². The molecule has 0 heterocycles. The number of carbonyl (C=O) groups excluding carboxylic acids is 1. The molecule has 1 aromatic carbocycles. The quantitative estimate of drug-likeness (QED) is 0.835. The lowest BCUT2D eigenvalue weighted by molar-refractivity contribution is -0.0584. The average molecular weight is 274 g/mol. The van der Waals surface area contributed by atoms with E-state index in [0.717, 1.165) is 12.8 Å². The van der Waals surface area contributed by atoms with Gasteiger partial charge in [-0.2, -0.15) is 0 Å². The molecule has 2 bridgehead atoms. The first-order chi connectivity index (χ1) is 9.33. The Morgan fingerprint density at radius 1 is 1.25 bits per heavy atom. The van der Waals surface area contributed by atoms with Crippen LogP contribution in [0.5, 0.6) is 5.75 Å². The molecule has 2 saturated carbocycles. The van der Waals surface area contributed by atoms with E-state index in [1.54, 1.807) is 12.1 Å². The summed E-state index contributed by atoms with van der Waals surface area (Å²) in [6.45, 7) is 6.68. The molecule has 3 rings (SSSR count). The molecule has 0 spiro atoms. The fourth-order valence-corrected chi connectivity index (χ4v) is 4.32. The summed E-state index contributed by atoms with van der Waals surface area (Å²) in [7, 11) is 0. The molecule has 0 aromatic heterocycles. The standard InChI is InChI=1S/C17H22O3/c1-16(2)12-8-9-17(3,10-12)15(16)20-14(19)11-4-6-13(18)7-5-11/h4-7,12,15,18H,8-10H2,1-3H3. The molecule has 2 fully saturated rings. The van der Waals surface area contributed by atoms with Crippen LogP contribution in [0, 0.1) is 16.7 Å². The number of benzene rings is 1. The molecular formula is C17H22O3. The van der Waals surface area contributed by atoms with E-state index in [2.05, 4.69) is 20.8 Å². The van der Waals surface area contributed by atoms with Crippen molar-refractivity contribution in [2.45, 2.75) is 46.1 Å². The summed E-state index contributed by atoms with van der Waals surface area (Å²) in [5.74, 6) is 0.538. The summed E-state index contributed by atoms with van der Waals surface area (Å²) in [5.41, 5.74) is 0.685. The van der Waals surface area contributed by atoms with Crippen LogP contribution in [-0.2, 0) is 4.74 Å². The number of hydrogen-bond donors (Lipinski definition) is 1. The molecule has 0 saturated heterocycles. The van der Waals surface area contributed by atoms with Crippen LogP contribution >= 0.6 is 0 Å². The molecule has 3 atom stereocenters. The third kappa shape index (κ3) is 1.91. The maximum atomic E-state index is 12.3. The first-order valence-corrected chi connectivity index (χ1v) is 7.33. The molecule has 0 radical (unpaired) electrons. The van der Waals surface area contributed by atoms with Gasteiger partial charge in [0.05, 0.1) is 5.56 Å². The van der Waals surface area contributed by atoms with Crippen LogP contribution in [0.25, 0.3) is 0 Å². The van der Waals surface area contributed by atoms with E-state index in [0.29, 0.717) is 11.5 Å². The van der Waals surface area contributed by atoms with E-state index in [4.69, 9.17) is 4.74 Å². The van der Waals surface area contributed by atoms with Crippen LogP contribution in [0.3, 0.4) is 0 Å². The molecule has 20 heavy (non-hydrogen) atoms. The first-order valence-electron chi connectivity index (χ1n) is 7.33. The molecule has 1 aromatic rings. The van der Waals surface area contributed by atoms with Crippen LogP contribution in [0.4, 0.5) is 0 Å². The number of phenols is 1. The molecule has 3 nitrogen and oxygen atoms in total. The topological polar surface area (TPSA) is 46.5 Å². The van der Waals surface area contributed by atoms with Crippen LogP contribution in [0.1, 0.15) is 50.4 Å². The van der Waals surface area contributed by atoms with E-state index in [-0.39, 0.29) is 28.7 Å². The predicted octanol–water partition coefficient (Wildman–Crippen LogP) is 3.76. The summed E-state index contributed by atoms with van der Waals surface area (Å²) in [6, 6.07) is 6.26. The van der Waals surface area contributed by atoms with Crippen molar-refractivity contribution in [1.82, 2.24) is 0 Å². The molecule has 3 heteroatoms. The van der Waals surface area contributed by atoms with E-state index in [9.17, 15) is 9.90 Å². The molecule has 2 aliphatic rings. The summed E-state index contributed by atoms with van der Waals surface area (Å²) >= 11 is 0. The minimum Gasteiger partial charge on any atom is -0.508 e. The number of hydrogen-bond acceptors (Lipinski definition) is 3. The third-order valence-electron chi connectivity index (χ3n) is 5.47. The Morgan fingerprint density at radius 2 is 1.90 bits per heavy atom. The van der Waals surface area contributed by atoms with Crippen molar-refractivity contribution in [3.8, 4) is 5.75 Å². The second-order valence-corrected chi connectivity index (χ2v) is 7.25. The van der Waals surface area contributed by atoms with Crippen LogP contribution in [0.2, 0.25) is 0 Å². The Hall–Kier alpha value is -1.51. The SMILES string of the molecule is CC12CCC(C1)C(C)(C)C2OC(=O)c1ccc(O)cc1. The highest BCUT2D eigenvalue weighted by molar-refractivity contribution is 5.89. The van der Waals surface area contributed by atoms with Gasteiger partial charge < -0.3 is 9.84 Å². The maximum Gasteiger partial charge on any atom is 0.338 e. The first kappa shape index (κ1) is 13.5. The Bertz CT molecular complexity index is 527. The van der Waals surface area contributed by atoms with Gasteiger partial charge in [-0.1, -0.05) is 20.8 Å². The van der Waals surface area contributed by atoms with Crippen molar-refractivity contribution in [2.24, 2.45) is 16.7 Å². The monoisotopic (exact) mass is 274 g/mol. The summed E-state index contributed by atoms with van der Waals surface area (Å²) in [4.78, 5) is 12.3. The highest BCUT2D eigenvalue weighted by Gasteiger charge is 2.61. The number of fused-ring (bicyclic) bond motifs is 2. The van der Waals surface area contributed by atoms with Gasteiger partial charge in [0.15, 0.2) is 0 Å². The largest absolute Gasteiger partial charge is 0.508 e. The summed E-state index contributed by atoms with van der Waals surface area (Å²) in [5, 5.41) is 9.28. The lowest BCUT2D eigenvalue weighted by Gasteiger charge is -2.41. The van der Waals surface area contributed by atoms with E-state index >= 15 is 0 Å². The van der Waals surface area contributed by atoms with Crippen molar-refractivity contribution in [1.29, 1.82) is 0 Å².